The number of esters is 4. The number of ether oxygens (including phenoxy) is 6. The van der Waals surface area contributed by atoms with E-state index in [1.54, 1.807) is 0 Å². The molecular formula is C32H25ClFN5O11. The highest BCUT2D eigenvalue weighted by molar-refractivity contribution is 6.31. The van der Waals surface area contributed by atoms with E-state index in [-0.39, 0.29) is 28.9 Å². The number of carbonyl (C=O) groups is 5. The molecule has 3 aliphatic rings. The Bertz CT molecular complexity index is 2010. The molecular weight excluding hydrogens is 685 g/mol. The molecule has 16 nitrogen and oxygen atoms in total. The maximum atomic E-state index is 14.2. The van der Waals surface area contributed by atoms with Crippen LogP contribution in [0.15, 0.2) is 72.5 Å². The van der Waals surface area contributed by atoms with Gasteiger partial charge in [0.25, 0.3) is 11.7 Å². The Hall–Kier alpha value is -5.91. The van der Waals surface area contributed by atoms with E-state index in [2.05, 4.69) is 20.6 Å². The standard InChI is InChI=1S/C32H25ClFN5O11/c1-39(2)32(49-26(42)7-8-27(43)50-32)29-28(47-24(40)5-6-25(41)48-29)31(44)38-22-12-18-21(13-23(22)46-17-9-10-45-14-17)35-15-36-30(18)37-16-3-4-20(34)19(33)11-16/h3-8,11-13,15,17H,9-10,14H2,1-2H3,(H,38,44)(H,35,36,37)/b6-5-,29-28+. The minimum Gasteiger partial charge on any atom is -0.486 e. The van der Waals surface area contributed by atoms with Gasteiger partial charge < -0.3 is 39.1 Å². The van der Waals surface area contributed by atoms with Crippen LogP contribution in [0, 0.1) is 5.82 Å². The fourth-order valence-electron chi connectivity index (χ4n) is 4.89. The molecule has 6 rings (SSSR count). The Kier molecular flexibility index (Phi) is 9.45. The number of carbonyl (C=O) groups excluding carboxylic acids is 5. The molecule has 1 fully saturated rings. The van der Waals surface area contributed by atoms with Crippen molar-refractivity contribution in [3.8, 4) is 5.75 Å². The van der Waals surface area contributed by atoms with E-state index < -0.39 is 59.1 Å². The van der Waals surface area contributed by atoms with Crippen LogP contribution in [0.1, 0.15) is 6.42 Å². The number of anilines is 3. The number of hydrogen-bond acceptors (Lipinski definition) is 15. The lowest BCUT2D eigenvalue weighted by Crippen LogP contribution is -2.54. The topological polar surface area (TPSA) is 194 Å². The molecule has 1 aromatic heterocycles. The molecule has 50 heavy (non-hydrogen) atoms. The van der Waals surface area contributed by atoms with Crippen LogP contribution in [0.5, 0.6) is 5.75 Å². The normalized spacial score (nSPS) is 20.9. The van der Waals surface area contributed by atoms with Gasteiger partial charge in [0.15, 0.2) is 0 Å². The van der Waals surface area contributed by atoms with Gasteiger partial charge in [-0.2, -0.15) is 0 Å². The second-order valence-electron chi connectivity index (χ2n) is 10.9. The Morgan fingerprint density at radius 3 is 2.34 bits per heavy atom. The first-order valence-electron chi connectivity index (χ1n) is 14.7. The van der Waals surface area contributed by atoms with Gasteiger partial charge in [0.2, 0.25) is 5.76 Å². The fraction of sp³-hybridized carbons (Fsp3) is 0.219. The summed E-state index contributed by atoms with van der Waals surface area (Å²) < 4.78 is 46.8. The van der Waals surface area contributed by atoms with Gasteiger partial charge in [0, 0.05) is 47.9 Å². The zero-order valence-electron chi connectivity index (χ0n) is 26.1. The smallest absolute Gasteiger partial charge is 0.387 e. The number of rotatable bonds is 8. The van der Waals surface area contributed by atoms with Gasteiger partial charge in [-0.3, -0.25) is 4.79 Å². The molecule has 1 saturated heterocycles. The number of nitrogens with one attached hydrogen (secondary N) is 2. The van der Waals surface area contributed by atoms with Crippen molar-refractivity contribution in [3.63, 3.8) is 0 Å². The van der Waals surface area contributed by atoms with Crippen molar-refractivity contribution in [2.45, 2.75) is 18.4 Å². The number of likely N-dealkylation sites (N-methyl/N-ethyl adjacent to an activating group) is 1. The highest BCUT2D eigenvalue weighted by Crippen LogP contribution is 2.37. The number of aromatic nitrogens is 2. The molecule has 4 heterocycles. The summed E-state index contributed by atoms with van der Waals surface area (Å²) in [6, 6.07) is 6.91. The van der Waals surface area contributed by atoms with E-state index in [0.29, 0.717) is 41.8 Å². The number of hydrogen-bond donors (Lipinski definition) is 2. The Labute approximate surface area is 286 Å². The van der Waals surface area contributed by atoms with Crippen LogP contribution < -0.4 is 15.4 Å². The van der Waals surface area contributed by atoms with Crippen molar-refractivity contribution in [1.29, 1.82) is 0 Å². The zero-order chi connectivity index (χ0) is 35.6. The summed E-state index contributed by atoms with van der Waals surface area (Å²) in [4.78, 5) is 74.3. The van der Waals surface area contributed by atoms with Crippen molar-refractivity contribution in [2.24, 2.45) is 0 Å². The third kappa shape index (κ3) is 7.09. The molecule has 0 bridgehead atoms. The summed E-state index contributed by atoms with van der Waals surface area (Å²) in [7, 11) is 2.56. The Balaban J connectivity index is 1.48. The molecule has 2 N–H and O–H groups in total. The van der Waals surface area contributed by atoms with Crippen molar-refractivity contribution < 1.29 is 56.8 Å². The summed E-state index contributed by atoms with van der Waals surface area (Å²) in [5.74, 6) is -10.9. The molecule has 3 aromatic rings. The maximum absolute atomic E-state index is 14.2. The maximum Gasteiger partial charge on any atom is 0.387 e. The van der Waals surface area contributed by atoms with Gasteiger partial charge in [-0.25, -0.2) is 38.4 Å². The lowest BCUT2D eigenvalue weighted by atomic mass is 10.1. The SMILES string of the molecule is CN(C)C1(/C2=C(/C(=O)Nc3cc4c(Nc5ccc(F)c(Cl)c5)ncnc4cc3OC3CCOC3)OC(=O)/C=C\C(=O)O2)OC(=O)C=CC(=O)O1. The monoisotopic (exact) mass is 709 g/mol. The Morgan fingerprint density at radius 1 is 0.980 bits per heavy atom. The molecule has 1 atom stereocenters. The molecule has 18 heteroatoms. The zero-order valence-corrected chi connectivity index (χ0v) is 26.8. The highest BCUT2D eigenvalue weighted by Gasteiger charge is 2.53. The van der Waals surface area contributed by atoms with E-state index in [4.69, 9.17) is 40.0 Å². The predicted molar refractivity (Wildman–Crippen MR) is 169 cm³/mol. The molecule has 0 spiro atoms. The average molecular weight is 710 g/mol. The lowest BCUT2D eigenvalue weighted by Gasteiger charge is -2.37. The van der Waals surface area contributed by atoms with Crippen LogP contribution in [0.4, 0.5) is 21.6 Å². The third-order valence-corrected chi connectivity index (χ3v) is 7.52. The number of amides is 1. The third-order valence-electron chi connectivity index (χ3n) is 7.23. The van der Waals surface area contributed by atoms with E-state index in [1.165, 1.54) is 44.7 Å². The summed E-state index contributed by atoms with van der Waals surface area (Å²) in [5, 5.41) is 5.80. The van der Waals surface area contributed by atoms with E-state index in [0.717, 1.165) is 23.1 Å². The molecule has 1 amide bonds. The van der Waals surface area contributed by atoms with E-state index >= 15 is 0 Å². The molecule has 3 aliphatic heterocycles. The summed E-state index contributed by atoms with van der Waals surface area (Å²) in [6.07, 6.45) is 4.28. The molecule has 1 unspecified atom stereocenters. The van der Waals surface area contributed by atoms with Crippen molar-refractivity contribution in [3.05, 3.63) is 83.3 Å². The molecule has 0 aliphatic carbocycles. The van der Waals surface area contributed by atoms with Gasteiger partial charge in [-0.05, 0) is 38.4 Å². The minimum atomic E-state index is -2.71. The summed E-state index contributed by atoms with van der Waals surface area (Å²) in [6.45, 7) is 0.680. The minimum absolute atomic E-state index is 0.0216. The molecule has 0 saturated carbocycles. The van der Waals surface area contributed by atoms with Crippen LogP contribution in [0.25, 0.3) is 10.9 Å². The highest BCUT2D eigenvalue weighted by atomic mass is 35.5. The van der Waals surface area contributed by atoms with Crippen LogP contribution in [0.3, 0.4) is 0 Å². The van der Waals surface area contributed by atoms with Crippen LogP contribution in [-0.4, -0.2) is 84.0 Å². The van der Waals surface area contributed by atoms with Gasteiger partial charge in [0.05, 0.1) is 29.4 Å². The van der Waals surface area contributed by atoms with Gasteiger partial charge in [-0.15, -0.1) is 0 Å². The molecule has 258 valence electrons. The van der Waals surface area contributed by atoms with Crippen molar-refractivity contribution in [2.75, 3.05) is 37.9 Å². The quantitative estimate of drug-likeness (QED) is 0.256. The number of halogens is 2. The van der Waals surface area contributed by atoms with E-state index in [1.807, 2.05) is 0 Å². The Morgan fingerprint density at radius 2 is 1.68 bits per heavy atom. The molecule has 0 radical (unpaired) electrons. The molecule has 2 aromatic carbocycles. The van der Waals surface area contributed by atoms with E-state index in [9.17, 15) is 28.4 Å². The fourth-order valence-corrected chi connectivity index (χ4v) is 5.07. The van der Waals surface area contributed by atoms with Gasteiger partial charge in [0.1, 0.15) is 29.8 Å². The van der Waals surface area contributed by atoms with Gasteiger partial charge in [-0.1, -0.05) is 11.6 Å². The van der Waals surface area contributed by atoms with Gasteiger partial charge >= 0.3 is 29.8 Å². The van der Waals surface area contributed by atoms with Crippen molar-refractivity contribution >= 4 is 69.5 Å². The number of benzene rings is 2. The number of fused-ring (bicyclic) bond motifs is 1. The largest absolute Gasteiger partial charge is 0.486 e. The predicted octanol–water partition coefficient (Wildman–Crippen LogP) is 3.01. The second-order valence-corrected chi connectivity index (χ2v) is 11.3. The van der Waals surface area contributed by atoms with Crippen molar-refractivity contribution in [1.82, 2.24) is 14.9 Å². The number of nitrogens with zero attached hydrogens (tertiary/aromatic N) is 3. The summed E-state index contributed by atoms with van der Waals surface area (Å²) >= 11 is 5.96. The average Bonchev–Trinajstić information content (AvgIpc) is 3.53. The first kappa shape index (κ1) is 34.0. The first-order chi connectivity index (χ1) is 23.9. The summed E-state index contributed by atoms with van der Waals surface area (Å²) in [5.41, 5.74) is 0.717. The van der Waals surface area contributed by atoms with Crippen LogP contribution in [0.2, 0.25) is 5.02 Å². The lowest BCUT2D eigenvalue weighted by molar-refractivity contribution is -0.267. The van der Waals surface area contributed by atoms with Crippen LogP contribution in [-0.2, 0) is 47.7 Å². The first-order valence-corrected chi connectivity index (χ1v) is 15.0. The second kappa shape index (κ2) is 13.9. The number of cyclic esters (lactones) is 4. The van der Waals surface area contributed by atoms with Crippen LogP contribution >= 0.6 is 11.6 Å².